The van der Waals surface area contributed by atoms with Crippen LogP contribution in [-0.2, 0) is 6.42 Å². The lowest BCUT2D eigenvalue weighted by Gasteiger charge is -2.02. The summed E-state index contributed by atoms with van der Waals surface area (Å²) in [6.07, 6.45) is 3.82. The lowest BCUT2D eigenvalue weighted by molar-refractivity contribution is 0.299. The number of hydrogen-bond donors (Lipinski definition) is 1. The van der Waals surface area contributed by atoms with Crippen LogP contribution in [0.15, 0.2) is 36.9 Å². The number of aromatic nitrogens is 3. The average molecular weight is 189 g/mol. The Morgan fingerprint density at radius 2 is 2.29 bits per heavy atom. The Balaban J connectivity index is 2.31. The van der Waals surface area contributed by atoms with Crippen molar-refractivity contribution >= 4 is 0 Å². The second-order valence-corrected chi connectivity index (χ2v) is 2.98. The van der Waals surface area contributed by atoms with Crippen molar-refractivity contribution in [3.63, 3.8) is 0 Å². The fraction of sp³-hybridized carbons (Fsp3) is 0.200. The highest BCUT2D eigenvalue weighted by Crippen LogP contribution is 2.09. The van der Waals surface area contributed by atoms with Gasteiger partial charge in [-0.05, 0) is 24.1 Å². The third kappa shape index (κ3) is 1.80. The molecule has 0 bridgehead atoms. The lowest BCUT2D eigenvalue weighted by atomic mass is 10.1. The third-order valence-electron chi connectivity index (χ3n) is 1.99. The molecule has 1 aromatic carbocycles. The first-order chi connectivity index (χ1) is 6.90. The Morgan fingerprint density at radius 3 is 3.00 bits per heavy atom. The molecule has 0 unspecified atom stereocenters. The summed E-state index contributed by atoms with van der Waals surface area (Å²) in [6, 6.07) is 7.87. The highest BCUT2D eigenvalue weighted by molar-refractivity contribution is 5.34. The molecule has 1 aromatic heterocycles. The van der Waals surface area contributed by atoms with Crippen molar-refractivity contribution in [2.24, 2.45) is 0 Å². The molecule has 0 atom stereocenters. The van der Waals surface area contributed by atoms with E-state index >= 15 is 0 Å². The molecule has 72 valence electrons. The average Bonchev–Trinajstić information content (AvgIpc) is 2.71. The largest absolute Gasteiger partial charge is 0.396 e. The normalized spacial score (nSPS) is 10.4. The van der Waals surface area contributed by atoms with Gasteiger partial charge in [-0.25, -0.2) is 9.67 Å². The molecule has 0 aliphatic carbocycles. The monoisotopic (exact) mass is 189 g/mol. The van der Waals surface area contributed by atoms with Crippen LogP contribution in [0.2, 0.25) is 0 Å². The van der Waals surface area contributed by atoms with E-state index in [2.05, 4.69) is 10.1 Å². The van der Waals surface area contributed by atoms with Crippen molar-refractivity contribution in [2.75, 3.05) is 6.61 Å². The minimum Gasteiger partial charge on any atom is -0.396 e. The molecule has 1 N–H and O–H groups in total. The van der Waals surface area contributed by atoms with Gasteiger partial charge in [0, 0.05) is 6.61 Å². The molecule has 0 aliphatic heterocycles. The number of hydrogen-bond acceptors (Lipinski definition) is 3. The van der Waals surface area contributed by atoms with E-state index in [-0.39, 0.29) is 6.61 Å². The van der Waals surface area contributed by atoms with Gasteiger partial charge >= 0.3 is 0 Å². The van der Waals surface area contributed by atoms with E-state index in [4.69, 9.17) is 5.11 Å². The van der Waals surface area contributed by atoms with Crippen molar-refractivity contribution in [3.8, 4) is 5.69 Å². The van der Waals surface area contributed by atoms with E-state index in [1.165, 1.54) is 6.33 Å². The van der Waals surface area contributed by atoms with Gasteiger partial charge in [0.1, 0.15) is 12.7 Å². The Morgan fingerprint density at radius 1 is 1.36 bits per heavy atom. The van der Waals surface area contributed by atoms with Gasteiger partial charge in [0.05, 0.1) is 5.69 Å². The van der Waals surface area contributed by atoms with E-state index in [0.717, 1.165) is 11.3 Å². The highest BCUT2D eigenvalue weighted by atomic mass is 16.2. The van der Waals surface area contributed by atoms with Crippen LogP contribution in [0, 0.1) is 0 Å². The molecular formula is C10H11N3O. The number of aliphatic hydroxyl groups is 1. The molecule has 1 heterocycles. The second kappa shape index (κ2) is 4.02. The minimum absolute atomic E-state index is 0.167. The molecule has 0 fully saturated rings. The zero-order valence-corrected chi connectivity index (χ0v) is 7.67. The van der Waals surface area contributed by atoms with Gasteiger partial charge in [-0.15, -0.1) is 0 Å². The Kier molecular flexibility index (Phi) is 2.55. The molecule has 0 saturated carbocycles. The van der Waals surface area contributed by atoms with Gasteiger partial charge in [-0.1, -0.05) is 12.1 Å². The summed E-state index contributed by atoms with van der Waals surface area (Å²) in [4.78, 5) is 3.88. The summed E-state index contributed by atoms with van der Waals surface area (Å²) in [5.41, 5.74) is 2.06. The fourth-order valence-electron chi connectivity index (χ4n) is 1.33. The van der Waals surface area contributed by atoms with Crippen LogP contribution in [0.5, 0.6) is 0 Å². The van der Waals surface area contributed by atoms with Gasteiger partial charge in [0.2, 0.25) is 0 Å². The molecule has 2 aromatic rings. The van der Waals surface area contributed by atoms with Gasteiger partial charge in [-0.3, -0.25) is 0 Å². The SMILES string of the molecule is OCCc1cccc(-n2cncn2)c1. The molecule has 0 amide bonds. The molecular weight excluding hydrogens is 178 g/mol. The number of rotatable bonds is 3. The summed E-state index contributed by atoms with van der Waals surface area (Å²) < 4.78 is 1.70. The molecule has 0 radical (unpaired) electrons. The lowest BCUT2D eigenvalue weighted by Crippen LogP contribution is -1.97. The van der Waals surface area contributed by atoms with Crippen molar-refractivity contribution in [3.05, 3.63) is 42.5 Å². The van der Waals surface area contributed by atoms with E-state index in [0.29, 0.717) is 6.42 Å². The van der Waals surface area contributed by atoms with Crippen LogP contribution in [0.3, 0.4) is 0 Å². The fourth-order valence-corrected chi connectivity index (χ4v) is 1.33. The van der Waals surface area contributed by atoms with Crippen molar-refractivity contribution in [2.45, 2.75) is 6.42 Å². The van der Waals surface area contributed by atoms with Crippen LogP contribution < -0.4 is 0 Å². The van der Waals surface area contributed by atoms with Crippen LogP contribution in [-0.4, -0.2) is 26.5 Å². The van der Waals surface area contributed by atoms with Crippen molar-refractivity contribution < 1.29 is 5.11 Å². The van der Waals surface area contributed by atoms with Crippen molar-refractivity contribution in [1.29, 1.82) is 0 Å². The molecule has 0 spiro atoms. The molecule has 4 heteroatoms. The van der Waals surface area contributed by atoms with Crippen LogP contribution >= 0.6 is 0 Å². The molecule has 2 rings (SSSR count). The predicted molar refractivity (Wildman–Crippen MR) is 52.1 cm³/mol. The maximum absolute atomic E-state index is 8.81. The zero-order valence-electron chi connectivity index (χ0n) is 7.67. The summed E-state index contributed by atoms with van der Waals surface area (Å²) in [6.45, 7) is 0.167. The van der Waals surface area contributed by atoms with Crippen LogP contribution in [0.25, 0.3) is 5.69 Å². The van der Waals surface area contributed by atoms with E-state index in [1.807, 2.05) is 24.3 Å². The standard InChI is InChI=1S/C10H11N3O/c14-5-4-9-2-1-3-10(6-9)13-8-11-7-12-13/h1-3,6-8,14H,4-5H2. The van der Waals surface area contributed by atoms with Gasteiger partial charge in [-0.2, -0.15) is 5.10 Å². The topological polar surface area (TPSA) is 50.9 Å². The van der Waals surface area contributed by atoms with E-state index in [1.54, 1.807) is 11.0 Å². The van der Waals surface area contributed by atoms with E-state index < -0.39 is 0 Å². The Bertz CT molecular complexity index is 398. The smallest absolute Gasteiger partial charge is 0.138 e. The molecule has 0 saturated heterocycles. The quantitative estimate of drug-likeness (QED) is 0.777. The van der Waals surface area contributed by atoms with Gasteiger partial charge in [0.25, 0.3) is 0 Å². The Labute approximate surface area is 81.8 Å². The first-order valence-corrected chi connectivity index (χ1v) is 4.45. The second-order valence-electron chi connectivity index (χ2n) is 2.98. The predicted octanol–water partition coefficient (Wildman–Crippen LogP) is 0.802. The zero-order chi connectivity index (χ0) is 9.80. The molecule has 14 heavy (non-hydrogen) atoms. The van der Waals surface area contributed by atoms with Gasteiger partial charge in [0.15, 0.2) is 0 Å². The first-order valence-electron chi connectivity index (χ1n) is 4.45. The summed E-state index contributed by atoms with van der Waals surface area (Å²) in [7, 11) is 0. The van der Waals surface area contributed by atoms with E-state index in [9.17, 15) is 0 Å². The number of aliphatic hydroxyl groups excluding tert-OH is 1. The van der Waals surface area contributed by atoms with Crippen LogP contribution in [0.4, 0.5) is 0 Å². The maximum Gasteiger partial charge on any atom is 0.138 e. The molecule has 0 aliphatic rings. The first kappa shape index (κ1) is 8.90. The summed E-state index contributed by atoms with van der Waals surface area (Å²) >= 11 is 0. The third-order valence-corrected chi connectivity index (χ3v) is 1.99. The number of nitrogens with zero attached hydrogens (tertiary/aromatic N) is 3. The van der Waals surface area contributed by atoms with Crippen molar-refractivity contribution in [1.82, 2.24) is 14.8 Å². The maximum atomic E-state index is 8.81. The number of benzene rings is 1. The summed E-state index contributed by atoms with van der Waals surface area (Å²) in [5.74, 6) is 0. The highest BCUT2D eigenvalue weighted by Gasteiger charge is 1.97. The summed E-state index contributed by atoms with van der Waals surface area (Å²) in [5, 5.41) is 12.8. The van der Waals surface area contributed by atoms with Gasteiger partial charge < -0.3 is 5.11 Å². The van der Waals surface area contributed by atoms with Crippen LogP contribution in [0.1, 0.15) is 5.56 Å². The minimum atomic E-state index is 0.167. The molecule has 4 nitrogen and oxygen atoms in total. The Hall–Kier alpha value is -1.68.